The molecule has 0 radical (unpaired) electrons. The molecule has 0 fully saturated rings. The molecule has 0 saturated heterocycles. The number of nitrogens with two attached hydrogens (primary N) is 1. The van der Waals surface area contributed by atoms with Gasteiger partial charge in [-0.3, -0.25) is 4.79 Å². The number of rotatable bonds is 5. The van der Waals surface area contributed by atoms with Crippen LogP contribution in [0.4, 0.5) is 10.8 Å². The van der Waals surface area contributed by atoms with Gasteiger partial charge in [0.2, 0.25) is 5.91 Å². The summed E-state index contributed by atoms with van der Waals surface area (Å²) >= 11 is 1.33. The molecule has 0 unspecified atom stereocenters. The SMILES string of the molecule is CCCC(=O)Nc1nc2ccc(-n3cc(C#N)c(N)c3C(=O)OC)cc2s1. The molecule has 27 heavy (non-hydrogen) atoms. The predicted octanol–water partition coefficient (Wildman–Crippen LogP) is 3.07. The number of hydrogen-bond donors (Lipinski definition) is 2. The van der Waals surface area contributed by atoms with Gasteiger partial charge in [-0.25, -0.2) is 9.78 Å². The van der Waals surface area contributed by atoms with Gasteiger partial charge >= 0.3 is 5.97 Å². The summed E-state index contributed by atoms with van der Waals surface area (Å²) in [6, 6.07) is 7.32. The maximum Gasteiger partial charge on any atom is 0.357 e. The Morgan fingerprint density at radius 3 is 2.89 bits per heavy atom. The molecule has 3 rings (SSSR count). The molecule has 0 saturated carbocycles. The van der Waals surface area contributed by atoms with Crippen molar-refractivity contribution in [1.82, 2.24) is 9.55 Å². The van der Waals surface area contributed by atoms with Crippen LogP contribution in [0.15, 0.2) is 24.4 Å². The summed E-state index contributed by atoms with van der Waals surface area (Å²) < 4.78 is 7.13. The van der Waals surface area contributed by atoms with Gasteiger partial charge in [0.25, 0.3) is 0 Å². The molecule has 0 aliphatic rings. The monoisotopic (exact) mass is 383 g/mol. The zero-order valence-electron chi connectivity index (χ0n) is 14.8. The van der Waals surface area contributed by atoms with Gasteiger partial charge in [-0.2, -0.15) is 5.26 Å². The van der Waals surface area contributed by atoms with Crippen LogP contribution in [0, 0.1) is 11.3 Å². The summed E-state index contributed by atoms with van der Waals surface area (Å²) in [5, 5.41) is 12.5. The molecule has 1 aromatic carbocycles. The van der Waals surface area contributed by atoms with Crippen LogP contribution >= 0.6 is 11.3 Å². The standard InChI is InChI=1S/C18H17N5O3S/c1-3-4-14(24)22-18-21-12-6-5-11(7-13(12)27-18)23-9-10(8-19)15(20)16(23)17(25)26-2/h5-7,9H,3-4,20H2,1-2H3,(H,21,22,24). The fourth-order valence-corrected chi connectivity index (χ4v) is 3.56. The number of nitrogens with one attached hydrogen (secondary N) is 1. The first-order valence-electron chi connectivity index (χ1n) is 8.18. The molecule has 9 heteroatoms. The summed E-state index contributed by atoms with van der Waals surface area (Å²) in [6.45, 7) is 1.93. The van der Waals surface area contributed by atoms with Crippen LogP contribution in [-0.2, 0) is 9.53 Å². The quantitative estimate of drug-likeness (QED) is 0.653. The van der Waals surface area contributed by atoms with Crippen LogP contribution in [0.2, 0.25) is 0 Å². The van der Waals surface area contributed by atoms with E-state index in [1.807, 2.05) is 19.1 Å². The maximum atomic E-state index is 12.1. The molecule has 0 atom stereocenters. The highest BCUT2D eigenvalue weighted by atomic mass is 32.1. The molecule has 1 amide bonds. The van der Waals surface area contributed by atoms with Crippen LogP contribution in [0.25, 0.3) is 15.9 Å². The number of hydrogen-bond acceptors (Lipinski definition) is 7. The summed E-state index contributed by atoms with van der Waals surface area (Å²) in [7, 11) is 1.25. The number of benzene rings is 1. The summed E-state index contributed by atoms with van der Waals surface area (Å²) in [5.74, 6) is -0.715. The Labute approximate surface area is 159 Å². The van der Waals surface area contributed by atoms with Crippen molar-refractivity contribution in [3.8, 4) is 11.8 Å². The number of nitrogens with zero attached hydrogens (tertiary/aromatic N) is 3. The van der Waals surface area contributed by atoms with Gasteiger partial charge in [0.1, 0.15) is 6.07 Å². The number of nitrogen functional groups attached to an aromatic ring is 1. The Bertz CT molecular complexity index is 1080. The Balaban J connectivity index is 2.04. The molecule has 3 aromatic rings. The van der Waals surface area contributed by atoms with E-state index in [1.165, 1.54) is 29.2 Å². The molecular formula is C18H17N5O3S. The lowest BCUT2D eigenvalue weighted by molar-refractivity contribution is -0.116. The Morgan fingerprint density at radius 1 is 1.44 bits per heavy atom. The molecule has 138 valence electrons. The third-order valence-electron chi connectivity index (χ3n) is 3.92. The predicted molar refractivity (Wildman–Crippen MR) is 103 cm³/mol. The van der Waals surface area contributed by atoms with Gasteiger partial charge in [0.05, 0.1) is 28.6 Å². The lowest BCUT2D eigenvalue weighted by atomic mass is 10.2. The normalized spacial score (nSPS) is 10.6. The molecule has 2 aromatic heterocycles. The average molecular weight is 383 g/mol. The summed E-state index contributed by atoms with van der Waals surface area (Å²) in [5.41, 5.74) is 7.63. The minimum absolute atomic E-state index is 0.0706. The first-order chi connectivity index (χ1) is 13.0. The van der Waals surface area contributed by atoms with Gasteiger partial charge in [-0.05, 0) is 24.6 Å². The summed E-state index contributed by atoms with van der Waals surface area (Å²) in [4.78, 5) is 28.3. The number of aromatic nitrogens is 2. The number of carbonyl (C=O) groups is 2. The van der Waals surface area contributed by atoms with Crippen molar-refractivity contribution in [2.45, 2.75) is 19.8 Å². The fourth-order valence-electron chi connectivity index (χ4n) is 2.64. The molecule has 0 spiro atoms. The van der Waals surface area contributed by atoms with Crippen molar-refractivity contribution in [2.24, 2.45) is 0 Å². The van der Waals surface area contributed by atoms with Gasteiger partial charge in [0.15, 0.2) is 10.8 Å². The molecule has 8 nitrogen and oxygen atoms in total. The van der Waals surface area contributed by atoms with Gasteiger partial charge < -0.3 is 20.4 Å². The zero-order valence-corrected chi connectivity index (χ0v) is 15.6. The number of fused-ring (bicyclic) bond motifs is 1. The van der Waals surface area contributed by atoms with Crippen molar-refractivity contribution in [3.05, 3.63) is 35.7 Å². The third-order valence-corrected chi connectivity index (χ3v) is 4.85. The van der Waals surface area contributed by atoms with Crippen LogP contribution in [0.1, 0.15) is 35.8 Å². The van der Waals surface area contributed by atoms with E-state index in [-0.39, 0.29) is 22.9 Å². The van der Waals surface area contributed by atoms with Crippen molar-refractivity contribution in [1.29, 1.82) is 5.26 Å². The molecule has 3 N–H and O–H groups in total. The van der Waals surface area contributed by atoms with Gasteiger partial charge in [0, 0.05) is 18.3 Å². The van der Waals surface area contributed by atoms with Crippen LogP contribution in [-0.4, -0.2) is 28.5 Å². The molecule has 0 aliphatic heterocycles. The second-order valence-corrected chi connectivity index (χ2v) is 6.78. The largest absolute Gasteiger partial charge is 0.464 e. The molecular weight excluding hydrogens is 366 g/mol. The van der Waals surface area contributed by atoms with Gasteiger partial charge in [-0.15, -0.1) is 0 Å². The summed E-state index contributed by atoms with van der Waals surface area (Å²) in [6.07, 6.45) is 2.68. The van der Waals surface area contributed by atoms with Crippen LogP contribution < -0.4 is 11.1 Å². The van der Waals surface area contributed by atoms with Crippen molar-refractivity contribution in [3.63, 3.8) is 0 Å². The number of methoxy groups -OCH3 is 1. The van der Waals surface area contributed by atoms with E-state index < -0.39 is 5.97 Å². The first kappa shape index (κ1) is 18.4. The molecule has 2 heterocycles. The number of anilines is 2. The van der Waals surface area contributed by atoms with Crippen LogP contribution in [0.3, 0.4) is 0 Å². The van der Waals surface area contributed by atoms with Crippen molar-refractivity contribution >= 4 is 44.2 Å². The smallest absolute Gasteiger partial charge is 0.357 e. The van der Waals surface area contributed by atoms with E-state index in [1.54, 1.807) is 12.1 Å². The number of nitriles is 1. The third kappa shape index (κ3) is 3.47. The Kier molecular flexibility index (Phi) is 5.09. The number of ether oxygens (including phenoxy) is 1. The minimum atomic E-state index is -0.633. The van der Waals surface area contributed by atoms with E-state index in [9.17, 15) is 14.9 Å². The first-order valence-corrected chi connectivity index (χ1v) is 9.00. The highest BCUT2D eigenvalue weighted by molar-refractivity contribution is 7.22. The molecule has 0 aliphatic carbocycles. The lowest BCUT2D eigenvalue weighted by Gasteiger charge is -2.08. The highest BCUT2D eigenvalue weighted by Crippen LogP contribution is 2.30. The Hall–Kier alpha value is -3.38. The van der Waals surface area contributed by atoms with Gasteiger partial charge in [-0.1, -0.05) is 18.3 Å². The van der Waals surface area contributed by atoms with E-state index in [0.717, 1.165) is 16.6 Å². The number of amides is 1. The van der Waals surface area contributed by atoms with Crippen molar-refractivity contribution in [2.75, 3.05) is 18.2 Å². The van der Waals surface area contributed by atoms with E-state index in [4.69, 9.17) is 10.5 Å². The van der Waals surface area contributed by atoms with E-state index in [2.05, 4.69) is 10.3 Å². The maximum absolute atomic E-state index is 12.1. The second-order valence-electron chi connectivity index (χ2n) is 5.75. The fraction of sp³-hybridized carbons (Fsp3) is 0.222. The van der Waals surface area contributed by atoms with E-state index in [0.29, 0.717) is 17.2 Å². The zero-order chi connectivity index (χ0) is 19.6. The average Bonchev–Trinajstić information content (AvgIpc) is 3.20. The van der Waals surface area contributed by atoms with E-state index >= 15 is 0 Å². The number of carbonyl (C=O) groups excluding carboxylic acids is 2. The molecule has 0 bridgehead atoms. The number of esters is 1. The topological polar surface area (TPSA) is 123 Å². The number of thiazole rings is 1. The van der Waals surface area contributed by atoms with Crippen LogP contribution in [0.5, 0.6) is 0 Å². The minimum Gasteiger partial charge on any atom is -0.464 e. The second kappa shape index (κ2) is 7.47. The van der Waals surface area contributed by atoms with Crippen molar-refractivity contribution < 1.29 is 14.3 Å². The Morgan fingerprint density at radius 2 is 2.22 bits per heavy atom. The lowest BCUT2D eigenvalue weighted by Crippen LogP contribution is -2.11. The highest BCUT2D eigenvalue weighted by Gasteiger charge is 2.22.